The zero-order chi connectivity index (χ0) is 21.8. The van der Waals surface area contributed by atoms with Gasteiger partial charge in [-0.2, -0.15) is 0 Å². The van der Waals surface area contributed by atoms with E-state index in [2.05, 4.69) is 22.1 Å². The van der Waals surface area contributed by atoms with E-state index in [9.17, 15) is 4.79 Å². The van der Waals surface area contributed by atoms with E-state index in [1.54, 1.807) is 32.4 Å². The molecule has 2 heterocycles. The number of nitrogens with zero attached hydrogens (tertiary/aromatic N) is 2. The van der Waals surface area contributed by atoms with Crippen LogP contribution in [-0.4, -0.2) is 42.9 Å². The van der Waals surface area contributed by atoms with Crippen LogP contribution in [0.4, 0.5) is 10.5 Å². The highest BCUT2D eigenvalue weighted by molar-refractivity contribution is 5.91. The minimum absolute atomic E-state index is 0.185. The molecule has 1 aliphatic heterocycles. The Balaban J connectivity index is 1.64. The number of anilines is 1. The van der Waals surface area contributed by atoms with Gasteiger partial charge in [-0.25, -0.2) is 4.79 Å². The van der Waals surface area contributed by atoms with Crippen LogP contribution in [0, 0.1) is 0 Å². The lowest BCUT2D eigenvalue weighted by Crippen LogP contribution is -2.44. The number of aromatic nitrogens is 1. The fraction of sp³-hybridized carbons (Fsp3) is 0.292. The molecule has 0 saturated heterocycles. The van der Waals surface area contributed by atoms with E-state index in [1.807, 2.05) is 42.2 Å². The lowest BCUT2D eigenvalue weighted by molar-refractivity contribution is 0.181. The van der Waals surface area contributed by atoms with Crippen molar-refractivity contribution < 1.29 is 19.0 Å². The largest absolute Gasteiger partial charge is 0.497 e. The number of hydrogen-bond donors (Lipinski definition) is 1. The third kappa shape index (κ3) is 4.17. The Morgan fingerprint density at radius 1 is 1.03 bits per heavy atom. The topological polar surface area (TPSA) is 65.0 Å². The van der Waals surface area contributed by atoms with Gasteiger partial charge in [0.2, 0.25) is 0 Å². The fourth-order valence-corrected chi connectivity index (χ4v) is 3.95. The van der Waals surface area contributed by atoms with Crippen LogP contribution in [-0.2, 0) is 6.54 Å². The molecule has 0 radical (unpaired) electrons. The third-order valence-corrected chi connectivity index (χ3v) is 5.46. The molecule has 0 fully saturated rings. The van der Waals surface area contributed by atoms with Crippen molar-refractivity contribution in [2.45, 2.75) is 19.5 Å². The van der Waals surface area contributed by atoms with Gasteiger partial charge in [-0.15, -0.1) is 0 Å². The molecular weight excluding hydrogens is 394 g/mol. The number of benzene rings is 2. The normalized spacial score (nSPS) is 15.2. The smallest absolute Gasteiger partial charge is 0.322 e. The van der Waals surface area contributed by atoms with Crippen LogP contribution in [0.2, 0.25) is 0 Å². The first kappa shape index (κ1) is 20.7. The molecule has 2 amide bonds. The lowest BCUT2D eigenvalue weighted by atomic mass is 10.00. The Kier molecular flexibility index (Phi) is 6.02. The molecule has 0 bridgehead atoms. The summed E-state index contributed by atoms with van der Waals surface area (Å²) in [6.07, 6.45) is 2.05. The quantitative estimate of drug-likeness (QED) is 0.635. The van der Waals surface area contributed by atoms with Gasteiger partial charge in [0.1, 0.15) is 17.2 Å². The number of amides is 2. The number of carbonyl (C=O) groups is 1. The van der Waals surface area contributed by atoms with Gasteiger partial charge < -0.3 is 29.0 Å². The maximum Gasteiger partial charge on any atom is 0.322 e. The summed E-state index contributed by atoms with van der Waals surface area (Å²) in [6.45, 7) is 3.90. The molecule has 0 aliphatic carbocycles. The van der Waals surface area contributed by atoms with Crippen LogP contribution in [0.1, 0.15) is 24.2 Å². The molecule has 1 N–H and O–H groups in total. The second-order valence-electron chi connectivity index (χ2n) is 7.22. The average molecular weight is 421 g/mol. The van der Waals surface area contributed by atoms with Gasteiger partial charge in [-0.1, -0.05) is 12.1 Å². The monoisotopic (exact) mass is 421 g/mol. The predicted molar refractivity (Wildman–Crippen MR) is 119 cm³/mol. The second kappa shape index (κ2) is 9.04. The van der Waals surface area contributed by atoms with Crippen molar-refractivity contribution >= 4 is 11.7 Å². The minimum Gasteiger partial charge on any atom is -0.497 e. The van der Waals surface area contributed by atoms with Gasteiger partial charge in [-0.3, -0.25) is 0 Å². The van der Waals surface area contributed by atoms with E-state index in [-0.39, 0.29) is 12.1 Å². The summed E-state index contributed by atoms with van der Waals surface area (Å²) in [6, 6.07) is 17.0. The van der Waals surface area contributed by atoms with Crippen LogP contribution < -0.4 is 19.5 Å². The second-order valence-corrected chi connectivity index (χ2v) is 7.22. The van der Waals surface area contributed by atoms with Gasteiger partial charge in [0.15, 0.2) is 0 Å². The average Bonchev–Trinajstić information content (AvgIpc) is 3.28. The zero-order valence-electron chi connectivity index (χ0n) is 18.0. The number of nitrogens with one attached hydrogen (secondary N) is 1. The highest BCUT2D eigenvalue weighted by atomic mass is 16.5. The van der Waals surface area contributed by atoms with Crippen LogP contribution >= 0.6 is 0 Å². The number of methoxy groups -OCH3 is 2. The molecule has 7 heteroatoms. The van der Waals surface area contributed by atoms with E-state index in [0.29, 0.717) is 30.3 Å². The molecule has 0 unspecified atom stereocenters. The van der Waals surface area contributed by atoms with Gasteiger partial charge in [0, 0.05) is 31.0 Å². The molecule has 4 rings (SSSR count). The first-order valence-corrected chi connectivity index (χ1v) is 10.3. The minimum atomic E-state index is -0.205. The Labute approximate surface area is 182 Å². The third-order valence-electron chi connectivity index (χ3n) is 5.46. The SMILES string of the molecule is CCOc1ccc([C@H]2c3cccn3CCN2C(=O)Nc2ccc(OC)cc2OC)cc1. The molecule has 31 heavy (non-hydrogen) atoms. The predicted octanol–water partition coefficient (Wildman–Crippen LogP) is 4.54. The Bertz CT molecular complexity index is 1050. The highest BCUT2D eigenvalue weighted by Gasteiger charge is 2.32. The molecule has 1 atom stereocenters. The Morgan fingerprint density at radius 3 is 2.52 bits per heavy atom. The number of rotatable bonds is 6. The summed E-state index contributed by atoms with van der Waals surface area (Å²) < 4.78 is 18.5. The van der Waals surface area contributed by atoms with E-state index in [0.717, 1.165) is 23.6 Å². The van der Waals surface area contributed by atoms with Crippen molar-refractivity contribution in [3.8, 4) is 17.2 Å². The Hall–Kier alpha value is -3.61. The summed E-state index contributed by atoms with van der Waals surface area (Å²) in [5.41, 5.74) is 2.70. The first-order chi connectivity index (χ1) is 15.1. The number of hydrogen-bond acceptors (Lipinski definition) is 4. The number of fused-ring (bicyclic) bond motifs is 1. The van der Waals surface area contributed by atoms with E-state index < -0.39 is 0 Å². The molecule has 2 aromatic carbocycles. The van der Waals surface area contributed by atoms with E-state index in [4.69, 9.17) is 14.2 Å². The molecule has 0 saturated carbocycles. The van der Waals surface area contributed by atoms with Gasteiger partial charge in [-0.05, 0) is 48.9 Å². The van der Waals surface area contributed by atoms with Crippen molar-refractivity contribution in [3.05, 3.63) is 72.1 Å². The number of carbonyl (C=O) groups excluding carboxylic acids is 1. The van der Waals surface area contributed by atoms with Crippen LogP contribution in [0.25, 0.3) is 0 Å². The highest BCUT2D eigenvalue weighted by Crippen LogP contribution is 2.35. The van der Waals surface area contributed by atoms with Crippen LogP contribution in [0.5, 0.6) is 17.2 Å². The maximum absolute atomic E-state index is 13.4. The summed E-state index contributed by atoms with van der Waals surface area (Å²) in [7, 11) is 3.16. The standard InChI is InChI=1S/C24H27N3O4/c1-4-31-18-9-7-17(8-10-18)23-21-6-5-13-26(21)14-15-27(23)24(28)25-20-12-11-19(29-2)16-22(20)30-3/h5-13,16,23H,4,14-15H2,1-3H3,(H,25,28)/t23-/m0/s1. The molecule has 1 aromatic heterocycles. The van der Waals surface area contributed by atoms with Gasteiger partial charge >= 0.3 is 6.03 Å². The molecule has 162 valence electrons. The lowest BCUT2D eigenvalue weighted by Gasteiger charge is -2.37. The van der Waals surface area contributed by atoms with E-state index >= 15 is 0 Å². The molecule has 7 nitrogen and oxygen atoms in total. The fourth-order valence-electron chi connectivity index (χ4n) is 3.95. The van der Waals surface area contributed by atoms with Crippen molar-refractivity contribution in [1.82, 2.24) is 9.47 Å². The summed E-state index contributed by atoms with van der Waals surface area (Å²) in [5, 5.41) is 3.01. The van der Waals surface area contributed by atoms with Crippen molar-refractivity contribution in [3.63, 3.8) is 0 Å². The molecule has 0 spiro atoms. The first-order valence-electron chi connectivity index (χ1n) is 10.3. The summed E-state index contributed by atoms with van der Waals surface area (Å²) in [5.74, 6) is 2.03. The van der Waals surface area contributed by atoms with Crippen molar-refractivity contribution in [2.24, 2.45) is 0 Å². The maximum atomic E-state index is 13.4. The van der Waals surface area contributed by atoms with Crippen LogP contribution in [0.15, 0.2) is 60.8 Å². The van der Waals surface area contributed by atoms with Gasteiger partial charge in [0.25, 0.3) is 0 Å². The summed E-state index contributed by atoms with van der Waals surface area (Å²) in [4.78, 5) is 15.2. The van der Waals surface area contributed by atoms with Crippen molar-refractivity contribution in [1.29, 1.82) is 0 Å². The molecule has 1 aliphatic rings. The number of ether oxygens (including phenoxy) is 3. The zero-order valence-corrected chi connectivity index (χ0v) is 18.0. The molecular formula is C24H27N3O4. The van der Waals surface area contributed by atoms with Gasteiger partial charge in [0.05, 0.1) is 32.6 Å². The van der Waals surface area contributed by atoms with Crippen LogP contribution in [0.3, 0.4) is 0 Å². The van der Waals surface area contributed by atoms with Crippen molar-refractivity contribution in [2.75, 3.05) is 32.7 Å². The number of urea groups is 1. The molecule has 3 aromatic rings. The Morgan fingerprint density at radius 2 is 1.81 bits per heavy atom. The van der Waals surface area contributed by atoms with E-state index in [1.165, 1.54) is 0 Å². The summed E-state index contributed by atoms with van der Waals surface area (Å²) >= 11 is 0.